The number of hydrogen-bond acceptors (Lipinski definition) is 9. The Morgan fingerprint density at radius 2 is 1.73 bits per heavy atom. The van der Waals surface area contributed by atoms with Crippen LogP contribution in [-0.2, 0) is 29.7 Å². The van der Waals surface area contributed by atoms with Gasteiger partial charge in [-0.15, -0.1) is 0 Å². The average molecular weight is 806 g/mol. The van der Waals surface area contributed by atoms with Crippen LogP contribution in [0.4, 0.5) is 4.79 Å². The Morgan fingerprint density at radius 1 is 1.05 bits per heavy atom. The number of carbonyl (C=O) groups excluding carboxylic acids is 2. The highest BCUT2D eigenvalue weighted by molar-refractivity contribution is 6.39. The summed E-state index contributed by atoms with van der Waals surface area (Å²) in [6.07, 6.45) is 0.608. The number of nitrogens with zero attached hydrogens (tertiary/aromatic N) is 6. The number of nitrogens with one attached hydrogen (secondary N) is 2. The van der Waals surface area contributed by atoms with E-state index in [1.807, 2.05) is 36.4 Å². The zero-order valence-electron chi connectivity index (χ0n) is 31.3. The van der Waals surface area contributed by atoms with E-state index in [0.29, 0.717) is 73.3 Å². The molecule has 1 aliphatic rings. The Kier molecular flexibility index (Phi) is 12.3. The normalized spacial score (nSPS) is 14.5. The molecule has 4 heterocycles. The minimum absolute atomic E-state index is 0.00771. The molecule has 0 saturated carbocycles. The van der Waals surface area contributed by atoms with Gasteiger partial charge in [-0.2, -0.15) is 5.10 Å². The number of amides is 3. The third kappa shape index (κ3) is 8.65. The van der Waals surface area contributed by atoms with Crippen LogP contribution < -0.4 is 20.9 Å². The van der Waals surface area contributed by atoms with E-state index in [1.165, 1.54) is 26.0 Å². The van der Waals surface area contributed by atoms with E-state index in [4.69, 9.17) is 27.9 Å². The second-order valence-electron chi connectivity index (χ2n) is 13.8. The summed E-state index contributed by atoms with van der Waals surface area (Å²) in [5.74, 6) is 0.378. The van der Waals surface area contributed by atoms with Gasteiger partial charge in [-0.1, -0.05) is 59.6 Å². The highest BCUT2D eigenvalue weighted by atomic mass is 35.5. The van der Waals surface area contributed by atoms with Gasteiger partial charge in [0.2, 0.25) is 17.7 Å². The number of carbonyl (C=O) groups is 3. The van der Waals surface area contributed by atoms with Crippen LogP contribution in [0, 0.1) is 0 Å². The van der Waals surface area contributed by atoms with Gasteiger partial charge in [-0.05, 0) is 24.6 Å². The summed E-state index contributed by atoms with van der Waals surface area (Å²) < 4.78 is 8.52. The van der Waals surface area contributed by atoms with Crippen LogP contribution in [0.3, 0.4) is 0 Å². The van der Waals surface area contributed by atoms with E-state index in [1.54, 1.807) is 45.5 Å². The zero-order chi connectivity index (χ0) is 40.3. The maximum atomic E-state index is 13.4. The smallest absolute Gasteiger partial charge is 0.407 e. The van der Waals surface area contributed by atoms with Crippen LogP contribution in [0.1, 0.15) is 30.7 Å². The number of aliphatic hydroxyl groups excluding tert-OH is 1. The number of rotatable bonds is 14. The summed E-state index contributed by atoms with van der Waals surface area (Å²) in [6.45, 7) is 0.465. The Bertz CT molecular complexity index is 2360. The van der Waals surface area contributed by atoms with Gasteiger partial charge < -0.3 is 35.4 Å². The van der Waals surface area contributed by atoms with Crippen molar-refractivity contribution in [3.8, 4) is 39.4 Å². The minimum atomic E-state index is -1.12. The lowest BCUT2D eigenvalue weighted by atomic mass is 9.97. The summed E-state index contributed by atoms with van der Waals surface area (Å²) in [5.41, 5.74) is 4.29. The van der Waals surface area contributed by atoms with E-state index >= 15 is 0 Å². The number of hydrogen-bond donors (Lipinski definition) is 4. The molecule has 294 valence electrons. The standard InChI is InChI=1S/C39H42Cl2N8O7/c1-46(2)34(52)16-25(50)17-42-18-32-45-49-20-23(15-31(49)38(53)47(32)3)26-7-5-8-27(35(26)40)28-9-6-10-29(36(28)41)30-13-11-22(37(44-30)56-4)19-48(39(54)55)21-24-12-14-33(51)43-24/h5-11,13,15,20,24-25,42,50H,12,14,16-19,21H2,1-4H3,(H,43,51)(H,54,55). The second-order valence-corrected chi connectivity index (χ2v) is 14.5. The molecule has 4 N–H and O–H groups in total. The average Bonchev–Trinajstić information content (AvgIpc) is 3.79. The number of benzene rings is 2. The zero-order valence-corrected chi connectivity index (χ0v) is 32.8. The molecular formula is C39H42Cl2N8O7. The van der Waals surface area contributed by atoms with E-state index in [0.717, 1.165) is 0 Å². The molecule has 17 heteroatoms. The highest BCUT2D eigenvalue weighted by Crippen LogP contribution is 2.42. The third-order valence-corrected chi connectivity index (χ3v) is 10.5. The number of halogens is 2. The van der Waals surface area contributed by atoms with Gasteiger partial charge >= 0.3 is 6.09 Å². The van der Waals surface area contributed by atoms with Gasteiger partial charge in [-0.3, -0.25) is 19.0 Å². The summed E-state index contributed by atoms with van der Waals surface area (Å²) in [6, 6.07) is 16.0. The van der Waals surface area contributed by atoms with Crippen LogP contribution >= 0.6 is 23.2 Å². The third-order valence-electron chi connectivity index (χ3n) is 9.67. The van der Waals surface area contributed by atoms with Crippen molar-refractivity contribution in [1.82, 2.24) is 39.6 Å². The number of pyridine rings is 1. The summed E-state index contributed by atoms with van der Waals surface area (Å²) in [5, 5.41) is 31.4. The molecule has 56 heavy (non-hydrogen) atoms. The van der Waals surface area contributed by atoms with Gasteiger partial charge in [-0.25, -0.2) is 14.3 Å². The first-order chi connectivity index (χ1) is 26.7. The van der Waals surface area contributed by atoms with E-state index in [-0.39, 0.29) is 61.9 Å². The maximum Gasteiger partial charge on any atom is 0.407 e. The first-order valence-electron chi connectivity index (χ1n) is 17.8. The molecule has 2 atom stereocenters. The predicted molar refractivity (Wildman–Crippen MR) is 212 cm³/mol. The molecule has 5 aromatic rings. The van der Waals surface area contributed by atoms with Crippen molar-refractivity contribution < 1.29 is 29.3 Å². The van der Waals surface area contributed by atoms with Gasteiger partial charge in [0.05, 0.1) is 48.5 Å². The lowest BCUT2D eigenvalue weighted by Crippen LogP contribution is -2.41. The fourth-order valence-corrected chi connectivity index (χ4v) is 7.26. The minimum Gasteiger partial charge on any atom is -0.481 e. The molecule has 3 aromatic heterocycles. The van der Waals surface area contributed by atoms with Crippen molar-refractivity contribution in [2.24, 2.45) is 7.05 Å². The molecule has 0 radical (unpaired) electrons. The van der Waals surface area contributed by atoms with Gasteiger partial charge in [0.25, 0.3) is 5.56 Å². The number of fused-ring (bicyclic) bond motifs is 1. The largest absolute Gasteiger partial charge is 0.481 e. The Labute approximate surface area is 332 Å². The molecule has 1 saturated heterocycles. The topological polar surface area (TPSA) is 184 Å². The monoisotopic (exact) mass is 804 g/mol. The number of ether oxygens (including phenoxy) is 1. The maximum absolute atomic E-state index is 13.4. The molecule has 0 bridgehead atoms. The van der Waals surface area contributed by atoms with Crippen molar-refractivity contribution in [3.63, 3.8) is 0 Å². The quantitative estimate of drug-likeness (QED) is 0.125. The highest BCUT2D eigenvalue weighted by Gasteiger charge is 2.27. The summed E-state index contributed by atoms with van der Waals surface area (Å²) in [4.78, 5) is 56.4. The van der Waals surface area contributed by atoms with Crippen molar-refractivity contribution in [3.05, 3.63) is 92.6 Å². The lowest BCUT2D eigenvalue weighted by Gasteiger charge is -2.23. The molecule has 0 aliphatic carbocycles. The van der Waals surface area contributed by atoms with E-state index in [9.17, 15) is 29.4 Å². The van der Waals surface area contributed by atoms with Crippen molar-refractivity contribution in [2.75, 3.05) is 34.3 Å². The fourth-order valence-electron chi connectivity index (χ4n) is 6.60. The van der Waals surface area contributed by atoms with Crippen molar-refractivity contribution in [2.45, 2.75) is 44.5 Å². The van der Waals surface area contributed by atoms with Crippen molar-refractivity contribution in [1.29, 1.82) is 0 Å². The lowest BCUT2D eigenvalue weighted by molar-refractivity contribution is -0.130. The molecule has 15 nitrogen and oxygen atoms in total. The van der Waals surface area contributed by atoms with Crippen LogP contribution in [-0.4, -0.2) is 104 Å². The van der Waals surface area contributed by atoms with Gasteiger partial charge in [0.1, 0.15) is 11.3 Å². The van der Waals surface area contributed by atoms with E-state index < -0.39 is 12.2 Å². The molecule has 2 unspecified atom stereocenters. The summed E-state index contributed by atoms with van der Waals surface area (Å²) >= 11 is 14.2. The van der Waals surface area contributed by atoms with Crippen LogP contribution in [0.5, 0.6) is 5.88 Å². The SMILES string of the molecule is COc1nc(-c2cccc(-c3cccc(-c4cc5c(=O)n(C)c(CNCC(O)CC(=O)N(C)C)nn5c4)c3Cl)c2Cl)ccc1CN(CC1CCC(=O)N1)C(=O)O. The summed E-state index contributed by atoms with van der Waals surface area (Å²) in [7, 11) is 6.33. The number of carboxylic acid groups (broad SMARTS) is 1. The second kappa shape index (κ2) is 17.1. The molecule has 3 amide bonds. The molecule has 1 fully saturated rings. The van der Waals surface area contributed by atoms with Crippen LogP contribution in [0.15, 0.2) is 65.6 Å². The molecular weight excluding hydrogens is 763 g/mol. The fraction of sp³-hybridized carbons (Fsp3) is 0.333. The molecule has 2 aromatic carbocycles. The van der Waals surface area contributed by atoms with Crippen LogP contribution in [0.25, 0.3) is 39.0 Å². The first-order valence-corrected chi connectivity index (χ1v) is 18.6. The predicted octanol–water partition coefficient (Wildman–Crippen LogP) is 4.43. The molecule has 6 rings (SSSR count). The number of aliphatic hydroxyl groups is 1. The van der Waals surface area contributed by atoms with Crippen molar-refractivity contribution >= 4 is 46.6 Å². The Morgan fingerprint density at radius 3 is 2.38 bits per heavy atom. The Balaban J connectivity index is 1.25. The number of methoxy groups -OCH3 is 1. The first kappa shape index (κ1) is 40.2. The van der Waals surface area contributed by atoms with E-state index in [2.05, 4.69) is 20.7 Å². The molecule has 0 spiro atoms. The Hall–Kier alpha value is -5.48. The van der Waals surface area contributed by atoms with Gasteiger partial charge in [0, 0.05) is 86.3 Å². The van der Waals surface area contributed by atoms with Crippen LogP contribution in [0.2, 0.25) is 10.0 Å². The number of aromatic nitrogens is 4. The van der Waals surface area contributed by atoms with Gasteiger partial charge in [0.15, 0.2) is 0 Å². The molecule has 1 aliphatic heterocycles.